The van der Waals surface area contributed by atoms with Crippen LogP contribution in [0.25, 0.3) is 0 Å². The number of carbonyl (C=O) groups is 2. The van der Waals surface area contributed by atoms with Gasteiger partial charge in [0.25, 0.3) is 0 Å². The van der Waals surface area contributed by atoms with Crippen molar-refractivity contribution in [1.82, 2.24) is 4.90 Å². The first-order valence-electron chi connectivity index (χ1n) is 4.95. The Bertz CT molecular complexity index is 252. The normalized spacial score (nSPS) is 32.8. The fraction of sp³-hybridized carbons (Fsp3) is 0.800. The number of rotatable bonds is 1. The van der Waals surface area contributed by atoms with E-state index in [1.54, 1.807) is 4.90 Å². The number of carboxylic acids is 1. The lowest BCUT2D eigenvalue weighted by Crippen LogP contribution is -2.51. The summed E-state index contributed by atoms with van der Waals surface area (Å²) < 4.78 is 0. The molecule has 80 valence electrons. The summed E-state index contributed by atoms with van der Waals surface area (Å²) in [6, 6.07) is -0.186. The largest absolute Gasteiger partial charge is 0.481 e. The molecule has 0 aromatic carbocycles. The van der Waals surface area contributed by atoms with Crippen molar-refractivity contribution in [3.8, 4) is 0 Å². The molecule has 1 N–H and O–H groups in total. The first-order valence-corrected chi connectivity index (χ1v) is 4.95. The van der Waals surface area contributed by atoms with Gasteiger partial charge in [-0.15, -0.1) is 0 Å². The van der Waals surface area contributed by atoms with Gasteiger partial charge in [0.2, 0.25) is 5.91 Å². The van der Waals surface area contributed by atoms with Crippen LogP contribution in [0, 0.1) is 11.8 Å². The molecule has 0 saturated carbocycles. The molecule has 4 nitrogen and oxygen atoms in total. The fourth-order valence-electron chi connectivity index (χ4n) is 2.29. The van der Waals surface area contributed by atoms with Crippen LogP contribution < -0.4 is 0 Å². The maximum Gasteiger partial charge on any atom is 0.308 e. The highest BCUT2D eigenvalue weighted by molar-refractivity contribution is 5.76. The Morgan fingerprint density at radius 1 is 1.36 bits per heavy atom. The Hall–Kier alpha value is -1.06. The van der Waals surface area contributed by atoms with E-state index < -0.39 is 11.9 Å². The smallest absolute Gasteiger partial charge is 0.308 e. The molecule has 1 aliphatic heterocycles. The van der Waals surface area contributed by atoms with Gasteiger partial charge in [0.05, 0.1) is 5.92 Å². The third kappa shape index (κ3) is 1.89. The second kappa shape index (κ2) is 3.98. The maximum absolute atomic E-state index is 11.2. The Balaban J connectivity index is 2.82. The van der Waals surface area contributed by atoms with E-state index >= 15 is 0 Å². The molecule has 1 aliphatic rings. The van der Waals surface area contributed by atoms with Crippen molar-refractivity contribution in [2.45, 2.75) is 33.2 Å². The highest BCUT2D eigenvalue weighted by Crippen LogP contribution is 2.28. The van der Waals surface area contributed by atoms with Gasteiger partial charge < -0.3 is 10.0 Å². The summed E-state index contributed by atoms with van der Waals surface area (Å²) in [5, 5.41) is 9.04. The maximum atomic E-state index is 11.2. The van der Waals surface area contributed by atoms with Gasteiger partial charge in [-0.1, -0.05) is 6.92 Å². The number of piperidine rings is 1. The zero-order valence-corrected chi connectivity index (χ0v) is 8.86. The van der Waals surface area contributed by atoms with E-state index in [4.69, 9.17) is 5.11 Å². The summed E-state index contributed by atoms with van der Waals surface area (Å²) in [7, 11) is 0. The van der Waals surface area contributed by atoms with Crippen LogP contribution in [0.2, 0.25) is 0 Å². The van der Waals surface area contributed by atoms with E-state index in [-0.39, 0.29) is 17.9 Å². The monoisotopic (exact) mass is 199 g/mol. The molecule has 0 aromatic heterocycles. The van der Waals surface area contributed by atoms with Crippen molar-refractivity contribution in [3.63, 3.8) is 0 Å². The van der Waals surface area contributed by atoms with Gasteiger partial charge in [-0.2, -0.15) is 0 Å². The van der Waals surface area contributed by atoms with Crippen LogP contribution in [-0.4, -0.2) is 34.5 Å². The van der Waals surface area contributed by atoms with Gasteiger partial charge in [-0.05, 0) is 19.3 Å². The van der Waals surface area contributed by atoms with Crippen molar-refractivity contribution >= 4 is 11.9 Å². The van der Waals surface area contributed by atoms with E-state index in [0.717, 1.165) is 6.42 Å². The second-order valence-electron chi connectivity index (χ2n) is 4.08. The molecule has 1 saturated heterocycles. The van der Waals surface area contributed by atoms with Crippen LogP contribution in [0.5, 0.6) is 0 Å². The Kier molecular flexibility index (Phi) is 3.13. The zero-order valence-electron chi connectivity index (χ0n) is 8.86. The summed E-state index contributed by atoms with van der Waals surface area (Å²) in [5.74, 6) is -1.10. The van der Waals surface area contributed by atoms with E-state index in [1.165, 1.54) is 6.92 Å². The molecule has 1 fully saturated rings. The van der Waals surface area contributed by atoms with Crippen molar-refractivity contribution < 1.29 is 14.7 Å². The molecular formula is C10H17NO3. The summed E-state index contributed by atoms with van der Waals surface area (Å²) in [4.78, 5) is 23.9. The Morgan fingerprint density at radius 2 is 1.93 bits per heavy atom. The summed E-state index contributed by atoms with van der Waals surface area (Å²) in [6.07, 6.45) is 0.779. The number of nitrogens with zero attached hydrogens (tertiary/aromatic N) is 1. The molecule has 1 amide bonds. The lowest BCUT2D eigenvalue weighted by atomic mass is 9.81. The lowest BCUT2D eigenvalue weighted by molar-refractivity contribution is -0.151. The predicted molar refractivity (Wildman–Crippen MR) is 51.8 cm³/mol. The van der Waals surface area contributed by atoms with Crippen LogP contribution in [0.1, 0.15) is 27.2 Å². The summed E-state index contributed by atoms with van der Waals surface area (Å²) in [6.45, 7) is 5.93. The molecule has 0 spiro atoms. The van der Waals surface area contributed by atoms with Crippen LogP contribution >= 0.6 is 0 Å². The minimum atomic E-state index is -0.795. The van der Waals surface area contributed by atoms with E-state index in [1.807, 2.05) is 13.8 Å². The number of likely N-dealkylation sites (tertiary alicyclic amines) is 1. The first kappa shape index (κ1) is 11.0. The number of aliphatic carboxylic acids is 1. The highest BCUT2D eigenvalue weighted by atomic mass is 16.4. The lowest BCUT2D eigenvalue weighted by Gasteiger charge is -2.40. The number of hydrogen-bond donors (Lipinski definition) is 1. The molecule has 1 rings (SSSR count). The highest BCUT2D eigenvalue weighted by Gasteiger charge is 2.38. The van der Waals surface area contributed by atoms with Gasteiger partial charge in [0.15, 0.2) is 0 Å². The van der Waals surface area contributed by atoms with Gasteiger partial charge in [-0.3, -0.25) is 9.59 Å². The Morgan fingerprint density at radius 3 is 2.36 bits per heavy atom. The molecule has 0 bridgehead atoms. The predicted octanol–water partition coefficient (Wildman–Crippen LogP) is 0.964. The molecule has 0 unspecified atom stereocenters. The molecule has 0 aliphatic carbocycles. The van der Waals surface area contributed by atoms with Crippen LogP contribution in [0.3, 0.4) is 0 Å². The van der Waals surface area contributed by atoms with Crippen molar-refractivity contribution in [1.29, 1.82) is 0 Å². The van der Waals surface area contributed by atoms with Crippen LogP contribution in [-0.2, 0) is 9.59 Å². The Labute approximate surface area is 83.9 Å². The molecule has 0 radical (unpaired) electrons. The fourth-order valence-corrected chi connectivity index (χ4v) is 2.29. The number of amides is 1. The minimum absolute atomic E-state index is 0.0318. The van der Waals surface area contributed by atoms with Gasteiger partial charge >= 0.3 is 5.97 Å². The van der Waals surface area contributed by atoms with Gasteiger partial charge in [0.1, 0.15) is 0 Å². The molecule has 14 heavy (non-hydrogen) atoms. The standard InChI is InChI=1S/C10H17NO3/c1-6-4-5-11(8(3)12)7(2)9(6)10(13)14/h6-7,9H,4-5H2,1-3H3,(H,13,14)/t6-,7-,9-/m1/s1. The summed E-state index contributed by atoms with van der Waals surface area (Å²) in [5.41, 5.74) is 0. The van der Waals surface area contributed by atoms with E-state index in [0.29, 0.717) is 6.54 Å². The van der Waals surface area contributed by atoms with E-state index in [2.05, 4.69) is 0 Å². The molecule has 4 heteroatoms. The number of carbonyl (C=O) groups excluding carboxylic acids is 1. The first-order chi connectivity index (χ1) is 6.45. The second-order valence-corrected chi connectivity index (χ2v) is 4.08. The average Bonchev–Trinajstić information content (AvgIpc) is 2.02. The summed E-state index contributed by atoms with van der Waals surface area (Å²) >= 11 is 0. The number of hydrogen-bond acceptors (Lipinski definition) is 2. The molecule has 3 atom stereocenters. The van der Waals surface area contributed by atoms with Gasteiger partial charge in [0, 0.05) is 19.5 Å². The van der Waals surface area contributed by atoms with Crippen LogP contribution in [0.15, 0.2) is 0 Å². The molecule has 1 heterocycles. The quantitative estimate of drug-likeness (QED) is 0.684. The van der Waals surface area contributed by atoms with E-state index in [9.17, 15) is 9.59 Å². The van der Waals surface area contributed by atoms with Crippen molar-refractivity contribution in [2.24, 2.45) is 11.8 Å². The average molecular weight is 199 g/mol. The minimum Gasteiger partial charge on any atom is -0.481 e. The topological polar surface area (TPSA) is 57.6 Å². The van der Waals surface area contributed by atoms with Crippen molar-refractivity contribution in [2.75, 3.05) is 6.54 Å². The van der Waals surface area contributed by atoms with Crippen molar-refractivity contribution in [3.05, 3.63) is 0 Å². The molecular weight excluding hydrogens is 182 g/mol. The number of carboxylic acid groups (broad SMARTS) is 1. The molecule has 0 aromatic rings. The zero-order chi connectivity index (χ0) is 10.9. The van der Waals surface area contributed by atoms with Crippen LogP contribution in [0.4, 0.5) is 0 Å². The third-order valence-corrected chi connectivity index (χ3v) is 3.14. The SMILES string of the molecule is CC(=O)N1CC[C@@H](C)[C@@H](C(=O)O)[C@H]1C. The van der Waals surface area contributed by atoms with Gasteiger partial charge in [-0.25, -0.2) is 0 Å². The third-order valence-electron chi connectivity index (χ3n) is 3.14.